The monoisotopic (exact) mass is 308 g/mol. The zero-order valence-electron chi connectivity index (χ0n) is 10.9. The SMILES string of the molecule is CNCc1ccc(S(=O)(=O)NCCSCCCO)o1. The molecule has 1 rings (SSSR count). The predicted octanol–water partition coefficient (Wildman–Crippen LogP) is 0.393. The summed E-state index contributed by atoms with van der Waals surface area (Å²) in [5, 5.41) is 11.4. The van der Waals surface area contributed by atoms with E-state index in [9.17, 15) is 8.42 Å². The molecule has 3 N–H and O–H groups in total. The smallest absolute Gasteiger partial charge is 0.273 e. The molecule has 8 heteroatoms. The summed E-state index contributed by atoms with van der Waals surface area (Å²) in [6.07, 6.45) is 0.725. The Morgan fingerprint density at radius 3 is 2.84 bits per heavy atom. The van der Waals surface area contributed by atoms with Crippen molar-refractivity contribution in [3.8, 4) is 0 Å². The van der Waals surface area contributed by atoms with Crippen molar-refractivity contribution < 1.29 is 17.9 Å². The molecule has 0 saturated carbocycles. The zero-order chi connectivity index (χ0) is 14.1. The molecule has 0 unspecified atom stereocenters. The van der Waals surface area contributed by atoms with Crippen LogP contribution in [0.1, 0.15) is 12.2 Å². The molecule has 0 spiro atoms. The molecule has 0 aliphatic carbocycles. The first-order chi connectivity index (χ1) is 9.10. The third-order valence-corrected chi connectivity index (χ3v) is 4.64. The highest BCUT2D eigenvalue weighted by Crippen LogP contribution is 2.13. The van der Waals surface area contributed by atoms with Gasteiger partial charge in [-0.15, -0.1) is 0 Å². The normalized spacial score (nSPS) is 11.9. The molecule has 1 aromatic rings. The van der Waals surface area contributed by atoms with Crippen molar-refractivity contribution in [3.63, 3.8) is 0 Å². The topological polar surface area (TPSA) is 91.6 Å². The van der Waals surface area contributed by atoms with E-state index in [-0.39, 0.29) is 11.7 Å². The number of thioether (sulfide) groups is 1. The summed E-state index contributed by atoms with van der Waals surface area (Å²) in [6, 6.07) is 3.09. The van der Waals surface area contributed by atoms with Gasteiger partial charge in [-0.05, 0) is 31.4 Å². The van der Waals surface area contributed by atoms with Gasteiger partial charge in [0, 0.05) is 18.9 Å². The molecule has 6 nitrogen and oxygen atoms in total. The third kappa shape index (κ3) is 5.96. The van der Waals surface area contributed by atoms with Crippen LogP contribution in [0.4, 0.5) is 0 Å². The van der Waals surface area contributed by atoms with Crippen molar-refractivity contribution in [2.24, 2.45) is 0 Å². The van der Waals surface area contributed by atoms with Crippen molar-refractivity contribution in [2.45, 2.75) is 18.1 Å². The van der Waals surface area contributed by atoms with Gasteiger partial charge in [0.2, 0.25) is 5.09 Å². The molecule has 0 aliphatic rings. The lowest BCUT2D eigenvalue weighted by Gasteiger charge is -2.04. The highest BCUT2D eigenvalue weighted by Gasteiger charge is 2.17. The number of sulfonamides is 1. The minimum absolute atomic E-state index is 0.0573. The third-order valence-electron chi connectivity index (χ3n) is 2.24. The van der Waals surface area contributed by atoms with Crippen LogP contribution in [0.2, 0.25) is 0 Å². The summed E-state index contributed by atoms with van der Waals surface area (Å²) in [5.74, 6) is 2.08. The van der Waals surface area contributed by atoms with Crippen LogP contribution >= 0.6 is 11.8 Å². The number of rotatable bonds is 10. The maximum atomic E-state index is 11.9. The summed E-state index contributed by atoms with van der Waals surface area (Å²) in [7, 11) is -1.80. The van der Waals surface area contributed by atoms with Crippen molar-refractivity contribution in [1.82, 2.24) is 10.0 Å². The van der Waals surface area contributed by atoms with Gasteiger partial charge in [-0.1, -0.05) is 0 Å². The van der Waals surface area contributed by atoms with Crippen LogP contribution in [-0.2, 0) is 16.6 Å². The molecule has 1 heterocycles. The number of hydrogen-bond acceptors (Lipinski definition) is 6. The lowest BCUT2D eigenvalue weighted by Crippen LogP contribution is -2.25. The van der Waals surface area contributed by atoms with Gasteiger partial charge in [0.1, 0.15) is 5.76 Å². The Morgan fingerprint density at radius 2 is 2.16 bits per heavy atom. The summed E-state index contributed by atoms with van der Waals surface area (Å²) in [5.41, 5.74) is 0. The predicted molar refractivity (Wildman–Crippen MR) is 75.7 cm³/mol. The molecule has 19 heavy (non-hydrogen) atoms. The average Bonchev–Trinajstić information content (AvgIpc) is 2.83. The maximum Gasteiger partial charge on any atom is 0.273 e. The van der Waals surface area contributed by atoms with Gasteiger partial charge in [0.25, 0.3) is 10.0 Å². The molecule has 0 bridgehead atoms. The first kappa shape index (κ1) is 16.5. The Morgan fingerprint density at radius 1 is 1.37 bits per heavy atom. The molecule has 0 aromatic carbocycles. The highest BCUT2D eigenvalue weighted by atomic mass is 32.2. The van der Waals surface area contributed by atoms with Gasteiger partial charge in [-0.3, -0.25) is 0 Å². The van der Waals surface area contributed by atoms with Crippen molar-refractivity contribution in [2.75, 3.05) is 31.7 Å². The first-order valence-electron chi connectivity index (χ1n) is 6.01. The zero-order valence-corrected chi connectivity index (χ0v) is 12.5. The Balaban J connectivity index is 2.38. The largest absolute Gasteiger partial charge is 0.447 e. The number of furan rings is 1. The average molecular weight is 308 g/mol. The summed E-state index contributed by atoms with van der Waals surface area (Å²) in [4.78, 5) is 0. The molecule has 0 atom stereocenters. The van der Waals surface area contributed by atoms with Gasteiger partial charge in [-0.2, -0.15) is 11.8 Å². The standard InChI is InChI=1S/C11H20N2O4S2/c1-12-9-10-3-4-11(17-10)19(15,16)13-5-8-18-7-2-6-14/h3-4,12-14H,2,5-9H2,1H3. The van der Waals surface area contributed by atoms with E-state index >= 15 is 0 Å². The number of nitrogens with one attached hydrogen (secondary N) is 2. The second-order valence-corrected chi connectivity index (χ2v) is 6.76. The van der Waals surface area contributed by atoms with Crippen LogP contribution < -0.4 is 10.0 Å². The van der Waals surface area contributed by atoms with Crippen LogP contribution in [0.3, 0.4) is 0 Å². The van der Waals surface area contributed by atoms with Crippen LogP contribution in [0.15, 0.2) is 21.6 Å². The molecule has 0 radical (unpaired) electrons. The van der Waals surface area contributed by atoms with Crippen LogP contribution in [-0.4, -0.2) is 45.2 Å². The number of hydrogen-bond donors (Lipinski definition) is 3. The van der Waals surface area contributed by atoms with E-state index in [1.165, 1.54) is 6.07 Å². The lowest BCUT2D eigenvalue weighted by molar-refractivity contribution is 0.296. The molecule has 0 aliphatic heterocycles. The van der Waals surface area contributed by atoms with Gasteiger partial charge < -0.3 is 14.8 Å². The minimum atomic E-state index is -3.56. The minimum Gasteiger partial charge on any atom is -0.447 e. The van der Waals surface area contributed by atoms with Gasteiger partial charge in [-0.25, -0.2) is 13.1 Å². The fourth-order valence-corrected chi connectivity index (χ4v) is 3.25. The number of aliphatic hydroxyl groups excluding tert-OH is 1. The fourth-order valence-electron chi connectivity index (χ4n) is 1.36. The molecule has 0 fully saturated rings. The molecular weight excluding hydrogens is 288 g/mol. The quantitative estimate of drug-likeness (QED) is 0.542. The van der Waals surface area contributed by atoms with E-state index in [0.29, 0.717) is 24.6 Å². The second-order valence-electron chi connectivity index (χ2n) is 3.84. The Kier molecular flexibility index (Phi) is 7.47. The Hall–Kier alpha value is -0.540. The summed E-state index contributed by atoms with van der Waals surface area (Å²) in [6.45, 7) is 1.01. The molecule has 0 amide bonds. The van der Waals surface area contributed by atoms with Crippen LogP contribution in [0.5, 0.6) is 0 Å². The molecule has 0 saturated heterocycles. The van der Waals surface area contributed by atoms with Crippen LogP contribution in [0, 0.1) is 0 Å². The molecular formula is C11H20N2O4S2. The number of aliphatic hydroxyl groups is 1. The van der Waals surface area contributed by atoms with Gasteiger partial charge >= 0.3 is 0 Å². The first-order valence-corrected chi connectivity index (χ1v) is 8.65. The van der Waals surface area contributed by atoms with E-state index in [2.05, 4.69) is 10.0 Å². The van der Waals surface area contributed by atoms with E-state index in [0.717, 1.165) is 12.2 Å². The fraction of sp³-hybridized carbons (Fsp3) is 0.636. The Bertz CT molecular complexity index is 459. The summed E-state index contributed by atoms with van der Waals surface area (Å²) < 4.78 is 31.4. The molecule has 1 aromatic heterocycles. The highest BCUT2D eigenvalue weighted by molar-refractivity contribution is 7.99. The molecule has 110 valence electrons. The van der Waals surface area contributed by atoms with Gasteiger partial charge in [0.15, 0.2) is 0 Å². The Labute approximate surface area is 118 Å². The second kappa shape index (κ2) is 8.60. The van der Waals surface area contributed by atoms with Crippen LogP contribution in [0.25, 0.3) is 0 Å². The van der Waals surface area contributed by atoms with Crippen molar-refractivity contribution >= 4 is 21.8 Å². The van der Waals surface area contributed by atoms with E-state index < -0.39 is 10.0 Å². The van der Waals surface area contributed by atoms with Gasteiger partial charge in [0.05, 0.1) is 6.54 Å². The van der Waals surface area contributed by atoms with E-state index in [1.807, 2.05) is 0 Å². The van der Waals surface area contributed by atoms with Crippen molar-refractivity contribution in [3.05, 3.63) is 17.9 Å². The maximum absolute atomic E-state index is 11.9. The van der Waals surface area contributed by atoms with E-state index in [1.54, 1.807) is 24.9 Å². The lowest BCUT2D eigenvalue weighted by atomic mass is 10.4. The summed E-state index contributed by atoms with van der Waals surface area (Å²) >= 11 is 1.60. The van der Waals surface area contributed by atoms with E-state index in [4.69, 9.17) is 9.52 Å². The van der Waals surface area contributed by atoms with Crippen molar-refractivity contribution in [1.29, 1.82) is 0 Å².